The fraction of sp³-hybridized carbons (Fsp3) is 0. The Morgan fingerprint density at radius 3 is 2.71 bits per heavy atom. The maximum Gasteiger partial charge on any atom is 0.275 e. The first-order valence-electron chi connectivity index (χ1n) is 7.09. The minimum atomic E-state index is -0.538. The zero-order valence-electron chi connectivity index (χ0n) is 12.4. The average molecular weight is 385 g/mol. The Kier molecular flexibility index (Phi) is 4.48. The average Bonchev–Trinajstić information content (AvgIpc) is 2.58. The van der Waals surface area contributed by atoms with E-state index in [9.17, 15) is 15.0 Å². The molecule has 3 aromatic carbocycles. The van der Waals surface area contributed by atoms with Crippen LogP contribution in [-0.4, -0.2) is 22.3 Å². The molecule has 0 heterocycles. The third-order valence-electron chi connectivity index (χ3n) is 3.50. The van der Waals surface area contributed by atoms with Gasteiger partial charge in [0.25, 0.3) is 5.91 Å². The summed E-state index contributed by atoms with van der Waals surface area (Å²) in [7, 11) is 0. The molecule has 1 amide bonds. The molecule has 0 saturated carbocycles. The van der Waals surface area contributed by atoms with Gasteiger partial charge in [0.05, 0.1) is 11.8 Å². The van der Waals surface area contributed by atoms with Crippen LogP contribution in [0.15, 0.2) is 64.2 Å². The predicted octanol–water partition coefficient (Wildman–Crippen LogP) is 3.78. The number of rotatable bonds is 3. The highest BCUT2D eigenvalue weighted by atomic mass is 79.9. The van der Waals surface area contributed by atoms with Gasteiger partial charge < -0.3 is 10.2 Å². The number of hydrazone groups is 1. The Hall–Kier alpha value is -2.86. The molecule has 24 heavy (non-hydrogen) atoms. The van der Waals surface area contributed by atoms with E-state index in [0.29, 0.717) is 10.9 Å². The number of hydrogen-bond donors (Lipinski definition) is 3. The molecular weight excluding hydrogens is 372 g/mol. The first-order chi connectivity index (χ1) is 11.6. The number of phenolic OH excluding ortho intramolecular Hbond substituents is 2. The van der Waals surface area contributed by atoms with E-state index in [0.717, 1.165) is 9.86 Å². The molecule has 0 radical (unpaired) electrons. The standard InChI is InChI=1S/C18H13BrN2O3/c19-13-6-8-16(22)12(9-13)10-20-21-18(24)15-7-5-11-3-1-2-4-14(11)17(15)23/h1-10,22-23H,(H,21,24)/b20-10-. The van der Waals surface area contributed by atoms with Gasteiger partial charge >= 0.3 is 0 Å². The van der Waals surface area contributed by atoms with Gasteiger partial charge in [-0.2, -0.15) is 5.10 Å². The summed E-state index contributed by atoms with van der Waals surface area (Å²) >= 11 is 3.29. The lowest BCUT2D eigenvalue weighted by Crippen LogP contribution is -2.17. The van der Waals surface area contributed by atoms with Crippen molar-refractivity contribution >= 4 is 38.8 Å². The van der Waals surface area contributed by atoms with Crippen LogP contribution < -0.4 is 5.43 Å². The number of nitrogens with zero attached hydrogens (tertiary/aromatic N) is 1. The molecule has 0 aliphatic carbocycles. The van der Waals surface area contributed by atoms with Gasteiger partial charge in [0.15, 0.2) is 0 Å². The monoisotopic (exact) mass is 384 g/mol. The van der Waals surface area contributed by atoms with Gasteiger partial charge in [-0.25, -0.2) is 5.43 Å². The summed E-state index contributed by atoms with van der Waals surface area (Å²) in [6, 6.07) is 15.4. The minimum absolute atomic E-state index is 0.0461. The summed E-state index contributed by atoms with van der Waals surface area (Å²) in [6.07, 6.45) is 1.33. The SMILES string of the molecule is O=C(N/N=C\c1cc(Br)ccc1O)c1ccc2ccccc2c1O. The third-order valence-corrected chi connectivity index (χ3v) is 4.00. The number of aromatic hydroxyl groups is 2. The van der Waals surface area contributed by atoms with Gasteiger partial charge in [-0.1, -0.05) is 46.3 Å². The summed E-state index contributed by atoms with van der Waals surface area (Å²) in [5, 5.41) is 25.2. The number of carbonyl (C=O) groups is 1. The first kappa shape index (κ1) is 16.0. The van der Waals surface area contributed by atoms with Crippen LogP contribution in [0, 0.1) is 0 Å². The summed E-state index contributed by atoms with van der Waals surface area (Å²) in [6.45, 7) is 0. The number of hydrogen-bond acceptors (Lipinski definition) is 4. The van der Waals surface area contributed by atoms with E-state index in [4.69, 9.17) is 0 Å². The summed E-state index contributed by atoms with van der Waals surface area (Å²) in [4.78, 5) is 12.2. The van der Waals surface area contributed by atoms with Crippen LogP contribution in [0.5, 0.6) is 11.5 Å². The van der Waals surface area contributed by atoms with Gasteiger partial charge in [0.2, 0.25) is 0 Å². The van der Waals surface area contributed by atoms with E-state index < -0.39 is 5.91 Å². The first-order valence-corrected chi connectivity index (χ1v) is 7.88. The summed E-state index contributed by atoms with van der Waals surface area (Å²) in [5.74, 6) is -0.583. The molecular formula is C18H13BrN2O3. The fourth-order valence-electron chi connectivity index (χ4n) is 2.29. The number of nitrogens with one attached hydrogen (secondary N) is 1. The minimum Gasteiger partial charge on any atom is -0.507 e. The zero-order chi connectivity index (χ0) is 17.1. The van der Waals surface area contributed by atoms with Crippen LogP contribution in [0.4, 0.5) is 0 Å². The molecule has 3 N–H and O–H groups in total. The van der Waals surface area contributed by atoms with Crippen molar-refractivity contribution in [2.45, 2.75) is 0 Å². The quantitative estimate of drug-likeness (QED) is 0.474. The maximum absolute atomic E-state index is 12.2. The molecule has 3 rings (SSSR count). The Bertz CT molecular complexity index is 954. The summed E-state index contributed by atoms with van der Waals surface area (Å²) in [5.41, 5.74) is 2.92. The van der Waals surface area contributed by atoms with Crippen molar-refractivity contribution in [3.63, 3.8) is 0 Å². The van der Waals surface area contributed by atoms with Gasteiger partial charge in [-0.15, -0.1) is 0 Å². The van der Waals surface area contributed by atoms with Crippen LogP contribution in [0.2, 0.25) is 0 Å². The molecule has 0 aliphatic rings. The number of amides is 1. The molecule has 5 nitrogen and oxygen atoms in total. The molecule has 3 aromatic rings. The highest BCUT2D eigenvalue weighted by Crippen LogP contribution is 2.28. The molecule has 0 spiro atoms. The van der Waals surface area contributed by atoms with Gasteiger partial charge in [-0.05, 0) is 29.7 Å². The maximum atomic E-state index is 12.2. The number of phenols is 2. The van der Waals surface area contributed by atoms with E-state index in [-0.39, 0.29) is 17.1 Å². The molecule has 0 fully saturated rings. The van der Waals surface area contributed by atoms with Gasteiger partial charge in [-0.3, -0.25) is 4.79 Å². The molecule has 0 bridgehead atoms. The van der Waals surface area contributed by atoms with Crippen LogP contribution in [0.1, 0.15) is 15.9 Å². The molecule has 6 heteroatoms. The van der Waals surface area contributed by atoms with Crippen molar-refractivity contribution in [3.8, 4) is 11.5 Å². The Morgan fingerprint density at radius 2 is 1.88 bits per heavy atom. The molecule has 0 aromatic heterocycles. The number of benzene rings is 3. The second-order valence-electron chi connectivity index (χ2n) is 5.09. The van der Waals surface area contributed by atoms with Crippen molar-refractivity contribution in [1.29, 1.82) is 0 Å². The molecule has 0 aliphatic heterocycles. The lowest BCUT2D eigenvalue weighted by molar-refractivity contribution is 0.0952. The van der Waals surface area contributed by atoms with Crippen LogP contribution >= 0.6 is 15.9 Å². The van der Waals surface area contributed by atoms with Crippen LogP contribution in [0.3, 0.4) is 0 Å². The largest absolute Gasteiger partial charge is 0.507 e. The van der Waals surface area contributed by atoms with E-state index in [1.165, 1.54) is 12.3 Å². The lowest BCUT2D eigenvalue weighted by Gasteiger charge is -2.06. The normalized spacial score (nSPS) is 11.0. The zero-order valence-corrected chi connectivity index (χ0v) is 14.0. The van der Waals surface area contributed by atoms with Crippen molar-refractivity contribution in [1.82, 2.24) is 5.43 Å². The Balaban J connectivity index is 1.81. The topological polar surface area (TPSA) is 81.9 Å². The van der Waals surface area contributed by atoms with Crippen molar-refractivity contribution in [3.05, 3.63) is 70.2 Å². The lowest BCUT2D eigenvalue weighted by atomic mass is 10.1. The highest BCUT2D eigenvalue weighted by Gasteiger charge is 2.13. The highest BCUT2D eigenvalue weighted by molar-refractivity contribution is 9.10. The Labute approximate surface area is 146 Å². The third kappa shape index (κ3) is 3.23. The second kappa shape index (κ2) is 6.72. The molecule has 120 valence electrons. The number of carbonyl (C=O) groups excluding carboxylic acids is 1. The molecule has 0 unspecified atom stereocenters. The van der Waals surface area contributed by atoms with Crippen molar-refractivity contribution in [2.24, 2.45) is 5.10 Å². The summed E-state index contributed by atoms with van der Waals surface area (Å²) < 4.78 is 0.778. The van der Waals surface area contributed by atoms with E-state index in [1.54, 1.807) is 36.4 Å². The Morgan fingerprint density at radius 1 is 1.08 bits per heavy atom. The molecule has 0 saturated heterocycles. The van der Waals surface area contributed by atoms with E-state index in [1.807, 2.05) is 12.1 Å². The number of fused-ring (bicyclic) bond motifs is 1. The van der Waals surface area contributed by atoms with Gasteiger partial charge in [0, 0.05) is 15.4 Å². The second-order valence-corrected chi connectivity index (χ2v) is 6.00. The fourth-order valence-corrected chi connectivity index (χ4v) is 2.67. The predicted molar refractivity (Wildman–Crippen MR) is 96.5 cm³/mol. The van der Waals surface area contributed by atoms with Crippen LogP contribution in [0.25, 0.3) is 10.8 Å². The van der Waals surface area contributed by atoms with Gasteiger partial charge in [0.1, 0.15) is 11.5 Å². The molecule has 0 atom stereocenters. The van der Waals surface area contributed by atoms with Crippen LogP contribution in [-0.2, 0) is 0 Å². The smallest absolute Gasteiger partial charge is 0.275 e. The van der Waals surface area contributed by atoms with E-state index in [2.05, 4.69) is 26.5 Å². The van der Waals surface area contributed by atoms with Crippen molar-refractivity contribution in [2.75, 3.05) is 0 Å². The van der Waals surface area contributed by atoms with E-state index >= 15 is 0 Å². The van der Waals surface area contributed by atoms with Crippen molar-refractivity contribution < 1.29 is 15.0 Å². The number of halogens is 1.